The van der Waals surface area contributed by atoms with E-state index in [-0.39, 0.29) is 23.7 Å². The molecule has 1 aromatic carbocycles. The Morgan fingerprint density at radius 2 is 2.09 bits per heavy atom. The molecule has 5 nitrogen and oxygen atoms in total. The topological polar surface area (TPSA) is 69.6 Å². The second-order valence-electron chi connectivity index (χ2n) is 5.47. The van der Waals surface area contributed by atoms with Gasteiger partial charge in [0.15, 0.2) is 0 Å². The fourth-order valence-corrected chi connectivity index (χ4v) is 2.44. The Morgan fingerprint density at radius 1 is 1.35 bits per heavy atom. The van der Waals surface area contributed by atoms with E-state index >= 15 is 0 Å². The third kappa shape index (κ3) is 5.24. The summed E-state index contributed by atoms with van der Waals surface area (Å²) in [5.41, 5.74) is 0.381. The molecule has 0 saturated carbocycles. The molecule has 8 heteroatoms. The molecule has 1 aliphatic rings. The van der Waals surface area contributed by atoms with Gasteiger partial charge in [0, 0.05) is 24.3 Å². The Labute approximate surface area is 131 Å². The molecule has 2 N–H and O–H groups in total. The molecule has 0 aliphatic carbocycles. The molecule has 1 saturated heterocycles. The van der Waals surface area contributed by atoms with Crippen LogP contribution in [0.5, 0.6) is 0 Å². The number of alkyl halides is 3. The Balaban J connectivity index is 2.04. The number of β-amino-alcohol motifs (C(OH)–C–C–N with tert-alkyl or cyclic N) is 1. The van der Waals surface area contributed by atoms with Gasteiger partial charge >= 0.3 is 6.18 Å². The number of piperidine rings is 1. The van der Waals surface area contributed by atoms with Gasteiger partial charge in [0.25, 0.3) is 5.91 Å². The van der Waals surface area contributed by atoms with E-state index in [9.17, 15) is 27.9 Å². The van der Waals surface area contributed by atoms with Crippen molar-refractivity contribution in [3.05, 3.63) is 29.8 Å². The van der Waals surface area contributed by atoms with Gasteiger partial charge in [-0.25, -0.2) is 0 Å². The van der Waals surface area contributed by atoms with Crippen molar-refractivity contribution in [1.29, 1.82) is 0 Å². The lowest BCUT2D eigenvalue weighted by Gasteiger charge is -2.30. The summed E-state index contributed by atoms with van der Waals surface area (Å²) >= 11 is 0. The van der Waals surface area contributed by atoms with Crippen LogP contribution in [0.2, 0.25) is 0 Å². The van der Waals surface area contributed by atoms with Gasteiger partial charge in [-0.1, -0.05) is 6.07 Å². The fourth-order valence-electron chi connectivity index (χ4n) is 2.44. The van der Waals surface area contributed by atoms with Gasteiger partial charge in [0.2, 0.25) is 5.91 Å². The molecule has 2 rings (SSSR count). The predicted octanol–water partition coefficient (Wildman–Crippen LogP) is 2.17. The van der Waals surface area contributed by atoms with Crippen LogP contribution in [0.3, 0.4) is 0 Å². The highest BCUT2D eigenvalue weighted by atomic mass is 19.4. The summed E-state index contributed by atoms with van der Waals surface area (Å²) in [6.07, 6.45) is -5.40. The lowest BCUT2D eigenvalue weighted by atomic mass is 10.1. The lowest BCUT2D eigenvalue weighted by Crippen LogP contribution is -2.42. The van der Waals surface area contributed by atoms with Gasteiger partial charge in [0.1, 0.15) is 6.42 Å². The monoisotopic (exact) mass is 330 g/mol. The molecule has 2 amide bonds. The van der Waals surface area contributed by atoms with Crippen LogP contribution in [-0.4, -0.2) is 47.2 Å². The summed E-state index contributed by atoms with van der Waals surface area (Å²) in [7, 11) is 0. The molecule has 1 heterocycles. The van der Waals surface area contributed by atoms with E-state index in [0.717, 1.165) is 0 Å². The van der Waals surface area contributed by atoms with Crippen LogP contribution in [0.1, 0.15) is 29.6 Å². The minimum atomic E-state index is -4.58. The molecule has 1 atom stereocenters. The number of likely N-dealkylation sites (tertiary alicyclic amines) is 1. The van der Waals surface area contributed by atoms with Crippen molar-refractivity contribution < 1.29 is 27.9 Å². The number of hydrogen-bond acceptors (Lipinski definition) is 3. The zero-order valence-corrected chi connectivity index (χ0v) is 12.3. The summed E-state index contributed by atoms with van der Waals surface area (Å²) in [4.78, 5) is 25.1. The summed E-state index contributed by atoms with van der Waals surface area (Å²) in [5, 5.41) is 11.7. The van der Waals surface area contributed by atoms with E-state index in [2.05, 4.69) is 5.32 Å². The van der Waals surface area contributed by atoms with Crippen LogP contribution in [0.4, 0.5) is 18.9 Å². The smallest absolute Gasteiger partial charge is 0.391 e. The first-order chi connectivity index (χ1) is 10.7. The highest BCUT2D eigenvalue weighted by Crippen LogP contribution is 2.21. The number of anilines is 1. The number of halogens is 3. The largest absolute Gasteiger partial charge is 0.397 e. The van der Waals surface area contributed by atoms with Gasteiger partial charge in [-0.05, 0) is 31.0 Å². The maximum Gasteiger partial charge on any atom is 0.397 e. The molecule has 0 bridgehead atoms. The molecule has 23 heavy (non-hydrogen) atoms. The lowest BCUT2D eigenvalue weighted by molar-refractivity contribution is -0.150. The number of nitrogens with zero attached hydrogens (tertiary/aromatic N) is 1. The van der Waals surface area contributed by atoms with Gasteiger partial charge in [-0.2, -0.15) is 13.2 Å². The van der Waals surface area contributed by atoms with Crippen LogP contribution in [0.25, 0.3) is 0 Å². The SMILES string of the molecule is O=C(CC(F)(F)F)Nc1cccc(C(=O)N2CCCC(O)C2)c1. The number of carbonyl (C=O) groups is 2. The molecular formula is C15H17F3N2O3. The van der Waals surface area contributed by atoms with Crippen LogP contribution in [0, 0.1) is 0 Å². The van der Waals surface area contributed by atoms with Crippen molar-refractivity contribution >= 4 is 17.5 Å². The Hall–Kier alpha value is -2.09. The molecule has 1 aliphatic heterocycles. The summed E-state index contributed by atoms with van der Waals surface area (Å²) in [6.45, 7) is 0.740. The summed E-state index contributed by atoms with van der Waals surface area (Å²) < 4.78 is 36.5. The predicted molar refractivity (Wildman–Crippen MR) is 76.9 cm³/mol. The second kappa shape index (κ2) is 6.99. The van der Waals surface area contributed by atoms with Crippen LogP contribution in [-0.2, 0) is 4.79 Å². The highest BCUT2D eigenvalue weighted by molar-refractivity contribution is 5.97. The minimum absolute atomic E-state index is 0.127. The minimum Gasteiger partial charge on any atom is -0.391 e. The highest BCUT2D eigenvalue weighted by Gasteiger charge is 2.31. The van der Waals surface area contributed by atoms with Gasteiger partial charge in [-0.3, -0.25) is 9.59 Å². The van der Waals surface area contributed by atoms with E-state index in [4.69, 9.17) is 0 Å². The number of aliphatic hydroxyl groups is 1. The number of nitrogens with one attached hydrogen (secondary N) is 1. The van der Waals surface area contributed by atoms with Gasteiger partial charge in [-0.15, -0.1) is 0 Å². The van der Waals surface area contributed by atoms with E-state index in [1.165, 1.54) is 29.2 Å². The van der Waals surface area contributed by atoms with Crippen molar-refractivity contribution in [2.45, 2.75) is 31.5 Å². The van der Waals surface area contributed by atoms with Crippen molar-refractivity contribution in [2.75, 3.05) is 18.4 Å². The first kappa shape index (κ1) is 17.3. The number of amides is 2. The Morgan fingerprint density at radius 3 is 2.74 bits per heavy atom. The van der Waals surface area contributed by atoms with Crippen molar-refractivity contribution in [2.24, 2.45) is 0 Å². The average Bonchev–Trinajstić information content (AvgIpc) is 2.44. The molecular weight excluding hydrogens is 313 g/mol. The average molecular weight is 330 g/mol. The van der Waals surface area contributed by atoms with Crippen LogP contribution < -0.4 is 5.32 Å². The number of benzene rings is 1. The maximum atomic E-state index is 12.3. The number of aliphatic hydroxyl groups excluding tert-OH is 1. The maximum absolute atomic E-state index is 12.3. The first-order valence-corrected chi connectivity index (χ1v) is 7.18. The van der Waals surface area contributed by atoms with Crippen LogP contribution in [0.15, 0.2) is 24.3 Å². The second-order valence-corrected chi connectivity index (χ2v) is 5.47. The molecule has 0 aromatic heterocycles. The zero-order chi connectivity index (χ0) is 17.0. The van der Waals surface area contributed by atoms with E-state index in [1.54, 1.807) is 0 Å². The molecule has 1 aromatic rings. The first-order valence-electron chi connectivity index (χ1n) is 7.18. The molecule has 1 unspecified atom stereocenters. The number of rotatable bonds is 3. The van der Waals surface area contributed by atoms with E-state index in [1.807, 2.05) is 0 Å². The summed E-state index contributed by atoms with van der Waals surface area (Å²) in [6, 6.07) is 5.74. The molecule has 126 valence electrons. The Bertz CT molecular complexity index is 590. The molecule has 0 radical (unpaired) electrons. The molecule has 1 fully saturated rings. The number of carbonyl (C=O) groups excluding carboxylic acids is 2. The third-order valence-electron chi connectivity index (χ3n) is 3.44. The zero-order valence-electron chi connectivity index (χ0n) is 12.3. The summed E-state index contributed by atoms with van der Waals surface area (Å²) in [5.74, 6) is -1.51. The standard InChI is InChI=1S/C15H17F3N2O3/c16-15(17,18)8-13(22)19-11-4-1-3-10(7-11)14(23)20-6-2-5-12(21)9-20/h1,3-4,7,12,21H,2,5-6,8-9H2,(H,19,22). The van der Waals surface area contributed by atoms with Crippen molar-refractivity contribution in [1.82, 2.24) is 4.90 Å². The van der Waals surface area contributed by atoms with Gasteiger partial charge in [0.05, 0.1) is 6.10 Å². The Kier molecular flexibility index (Phi) is 5.25. The third-order valence-corrected chi connectivity index (χ3v) is 3.44. The van der Waals surface area contributed by atoms with Gasteiger partial charge < -0.3 is 15.3 Å². The fraction of sp³-hybridized carbons (Fsp3) is 0.467. The quantitative estimate of drug-likeness (QED) is 0.892. The van der Waals surface area contributed by atoms with E-state index < -0.39 is 24.6 Å². The van der Waals surface area contributed by atoms with Crippen LogP contribution >= 0.6 is 0 Å². The molecule has 0 spiro atoms. The number of hydrogen-bond donors (Lipinski definition) is 2. The normalized spacial score (nSPS) is 18.6. The van der Waals surface area contributed by atoms with Crippen molar-refractivity contribution in [3.8, 4) is 0 Å². The van der Waals surface area contributed by atoms with E-state index in [0.29, 0.717) is 19.4 Å². The van der Waals surface area contributed by atoms with Crippen molar-refractivity contribution in [3.63, 3.8) is 0 Å².